The van der Waals surface area contributed by atoms with Crippen LogP contribution in [0, 0.1) is 0 Å². The number of carbonyl (C=O) groups is 1. The van der Waals surface area contributed by atoms with Gasteiger partial charge in [0.05, 0.1) is 0 Å². The summed E-state index contributed by atoms with van der Waals surface area (Å²) in [6, 6.07) is 6.20. The largest absolute Gasteiger partial charge is 0.353 e. The lowest BCUT2D eigenvalue weighted by Gasteiger charge is -2.36. The van der Waals surface area contributed by atoms with Gasteiger partial charge in [0.15, 0.2) is 12.1 Å². The van der Waals surface area contributed by atoms with Gasteiger partial charge in [0.25, 0.3) is 0 Å². The molecule has 3 heterocycles. The third-order valence-corrected chi connectivity index (χ3v) is 4.14. The molecule has 2 aromatic heterocycles. The smallest absolute Gasteiger partial charge is 0.170 e. The summed E-state index contributed by atoms with van der Waals surface area (Å²) in [6.45, 7) is 2.17. The maximum atomic E-state index is 11.5. The number of aldehydes is 1. The van der Waals surface area contributed by atoms with E-state index < -0.39 is 0 Å². The van der Waals surface area contributed by atoms with Gasteiger partial charge in [-0.05, 0) is 38.6 Å². The topological polar surface area (TPSA) is 40.9 Å². The van der Waals surface area contributed by atoms with Crippen molar-refractivity contribution in [3.05, 3.63) is 30.1 Å². The van der Waals surface area contributed by atoms with Gasteiger partial charge in [-0.2, -0.15) is 0 Å². The molecule has 1 atom stereocenters. The number of carbonyl (C=O) groups excluding carboxylic acids is 1. The van der Waals surface area contributed by atoms with Crippen LogP contribution in [0.15, 0.2) is 24.4 Å². The quantitative estimate of drug-likeness (QED) is 0.797. The van der Waals surface area contributed by atoms with Crippen LogP contribution in [0.2, 0.25) is 0 Å². The average Bonchev–Trinajstić information content (AvgIpc) is 2.85. The highest BCUT2D eigenvalue weighted by molar-refractivity contribution is 5.83. The molecule has 1 aliphatic heterocycles. The molecule has 106 valence electrons. The van der Waals surface area contributed by atoms with Gasteiger partial charge in [0, 0.05) is 25.8 Å². The maximum absolute atomic E-state index is 11.5. The second-order valence-electron chi connectivity index (χ2n) is 5.54. The first kappa shape index (κ1) is 13.1. The zero-order valence-corrected chi connectivity index (χ0v) is 12.0. The molecule has 2 aromatic rings. The van der Waals surface area contributed by atoms with Crippen molar-refractivity contribution in [2.45, 2.75) is 18.9 Å². The van der Waals surface area contributed by atoms with Crippen LogP contribution in [0.3, 0.4) is 0 Å². The Morgan fingerprint density at radius 3 is 3.05 bits per heavy atom. The minimum atomic E-state index is 0.414. The number of likely N-dealkylation sites (N-methyl/N-ethyl adjacent to an activating group) is 2. The number of hydrogen-bond donors (Lipinski definition) is 0. The van der Waals surface area contributed by atoms with Gasteiger partial charge in [0.1, 0.15) is 11.3 Å². The number of rotatable bonds is 3. The van der Waals surface area contributed by atoms with Crippen LogP contribution in [-0.4, -0.2) is 53.8 Å². The van der Waals surface area contributed by atoms with Crippen molar-refractivity contribution in [3.63, 3.8) is 0 Å². The summed E-state index contributed by atoms with van der Waals surface area (Å²) in [6.07, 6.45) is 5.12. The highest BCUT2D eigenvalue weighted by Crippen LogP contribution is 2.24. The Bertz CT molecular complexity index is 621. The summed E-state index contributed by atoms with van der Waals surface area (Å²) in [5, 5.41) is 0. The molecule has 1 unspecified atom stereocenters. The van der Waals surface area contributed by atoms with E-state index in [2.05, 4.69) is 21.8 Å². The Labute approximate surface area is 118 Å². The molecular weight excluding hydrogens is 252 g/mol. The normalized spacial score (nSPS) is 20.2. The number of anilines is 1. The van der Waals surface area contributed by atoms with Crippen LogP contribution in [0.5, 0.6) is 0 Å². The number of piperidine rings is 1. The van der Waals surface area contributed by atoms with Crippen molar-refractivity contribution in [1.82, 2.24) is 14.3 Å². The monoisotopic (exact) mass is 272 g/mol. The molecule has 0 spiro atoms. The van der Waals surface area contributed by atoms with Crippen LogP contribution >= 0.6 is 0 Å². The zero-order valence-electron chi connectivity index (χ0n) is 12.0. The van der Waals surface area contributed by atoms with E-state index in [1.54, 1.807) is 0 Å². The highest BCUT2D eigenvalue weighted by Gasteiger charge is 2.25. The van der Waals surface area contributed by atoms with Crippen molar-refractivity contribution in [3.8, 4) is 0 Å². The first-order valence-corrected chi connectivity index (χ1v) is 7.04. The number of nitrogens with zero attached hydrogens (tertiary/aromatic N) is 4. The number of pyridine rings is 1. The summed E-state index contributed by atoms with van der Waals surface area (Å²) in [5.74, 6) is 0.784. The fourth-order valence-electron chi connectivity index (χ4n) is 3.00. The number of fused-ring (bicyclic) bond motifs is 1. The summed E-state index contributed by atoms with van der Waals surface area (Å²) in [7, 11) is 4.18. The fraction of sp³-hybridized carbons (Fsp3) is 0.467. The third-order valence-electron chi connectivity index (χ3n) is 4.14. The van der Waals surface area contributed by atoms with Crippen molar-refractivity contribution in [1.29, 1.82) is 0 Å². The molecule has 0 saturated carbocycles. The van der Waals surface area contributed by atoms with Gasteiger partial charge in [-0.1, -0.05) is 6.07 Å². The van der Waals surface area contributed by atoms with E-state index >= 15 is 0 Å². The molecule has 5 heteroatoms. The second kappa shape index (κ2) is 5.25. The number of aromatic nitrogens is 2. The summed E-state index contributed by atoms with van der Waals surface area (Å²) in [4.78, 5) is 20.6. The predicted octanol–water partition coefficient (Wildman–Crippen LogP) is 1.68. The maximum Gasteiger partial charge on any atom is 0.170 e. The Morgan fingerprint density at radius 2 is 2.30 bits per heavy atom. The molecule has 0 N–H and O–H groups in total. The van der Waals surface area contributed by atoms with Gasteiger partial charge >= 0.3 is 0 Å². The van der Waals surface area contributed by atoms with Gasteiger partial charge in [-0.3, -0.25) is 9.20 Å². The highest BCUT2D eigenvalue weighted by atomic mass is 16.1. The number of imidazole rings is 1. The zero-order chi connectivity index (χ0) is 14.1. The SMILES string of the molecule is CN1CCCC(N(C)c2nc3ccccn3c2C=O)C1. The summed E-state index contributed by atoms with van der Waals surface area (Å²) >= 11 is 0. The molecule has 1 fully saturated rings. The van der Waals surface area contributed by atoms with Gasteiger partial charge in [0.2, 0.25) is 0 Å². The van der Waals surface area contributed by atoms with Gasteiger partial charge in [-0.15, -0.1) is 0 Å². The fourth-order valence-corrected chi connectivity index (χ4v) is 3.00. The molecule has 0 amide bonds. The first-order chi connectivity index (χ1) is 9.70. The molecule has 0 radical (unpaired) electrons. The molecule has 0 aliphatic carbocycles. The van der Waals surface area contributed by atoms with E-state index in [4.69, 9.17) is 0 Å². The molecule has 0 bridgehead atoms. The third kappa shape index (κ3) is 2.18. The Kier molecular flexibility index (Phi) is 3.44. The first-order valence-electron chi connectivity index (χ1n) is 7.04. The molecule has 20 heavy (non-hydrogen) atoms. The van der Waals surface area contributed by atoms with E-state index in [1.807, 2.05) is 35.8 Å². The molecule has 3 rings (SSSR count). The van der Waals surface area contributed by atoms with Crippen molar-refractivity contribution >= 4 is 17.8 Å². The van der Waals surface area contributed by atoms with Crippen LogP contribution in [0.4, 0.5) is 5.82 Å². The summed E-state index contributed by atoms with van der Waals surface area (Å²) in [5.41, 5.74) is 1.46. The molecule has 1 aliphatic rings. The molecule has 1 saturated heterocycles. The van der Waals surface area contributed by atoms with Crippen LogP contribution in [-0.2, 0) is 0 Å². The molecule has 5 nitrogen and oxygen atoms in total. The molecular formula is C15H20N4O. The van der Waals surface area contributed by atoms with Crippen molar-refractivity contribution in [2.24, 2.45) is 0 Å². The van der Waals surface area contributed by atoms with Gasteiger partial charge < -0.3 is 9.80 Å². The van der Waals surface area contributed by atoms with Crippen LogP contribution in [0.1, 0.15) is 23.3 Å². The lowest BCUT2D eigenvalue weighted by atomic mass is 10.1. The lowest BCUT2D eigenvalue weighted by molar-refractivity contribution is 0.111. The van der Waals surface area contributed by atoms with E-state index in [-0.39, 0.29) is 0 Å². The van der Waals surface area contributed by atoms with Gasteiger partial charge in [-0.25, -0.2) is 4.98 Å². The van der Waals surface area contributed by atoms with E-state index in [9.17, 15) is 4.79 Å². The Hall–Kier alpha value is -1.88. The van der Waals surface area contributed by atoms with E-state index in [0.717, 1.165) is 37.3 Å². The van der Waals surface area contributed by atoms with Crippen molar-refractivity contribution in [2.75, 3.05) is 32.1 Å². The Balaban J connectivity index is 1.98. The van der Waals surface area contributed by atoms with Crippen molar-refractivity contribution < 1.29 is 4.79 Å². The second-order valence-corrected chi connectivity index (χ2v) is 5.54. The number of likely N-dealkylation sites (tertiary alicyclic amines) is 1. The molecule has 0 aromatic carbocycles. The summed E-state index contributed by atoms with van der Waals surface area (Å²) < 4.78 is 1.85. The average molecular weight is 272 g/mol. The van der Waals surface area contributed by atoms with E-state index in [0.29, 0.717) is 11.7 Å². The standard InChI is InChI=1S/C15H20N4O/c1-17-8-5-6-12(10-17)18(2)15-13(11-20)19-9-4-3-7-14(19)16-15/h3-4,7,9,11-12H,5-6,8,10H2,1-2H3. The van der Waals surface area contributed by atoms with Crippen LogP contribution < -0.4 is 4.90 Å². The van der Waals surface area contributed by atoms with E-state index in [1.165, 1.54) is 6.42 Å². The lowest BCUT2D eigenvalue weighted by Crippen LogP contribution is -2.45. The minimum Gasteiger partial charge on any atom is -0.353 e. The predicted molar refractivity (Wildman–Crippen MR) is 79.5 cm³/mol. The number of hydrogen-bond acceptors (Lipinski definition) is 4. The Morgan fingerprint density at radius 1 is 1.45 bits per heavy atom. The minimum absolute atomic E-state index is 0.414. The van der Waals surface area contributed by atoms with Crippen LogP contribution in [0.25, 0.3) is 5.65 Å².